The van der Waals surface area contributed by atoms with Gasteiger partial charge in [0, 0.05) is 0 Å². The summed E-state index contributed by atoms with van der Waals surface area (Å²) in [5.41, 5.74) is 0. The summed E-state index contributed by atoms with van der Waals surface area (Å²) in [5, 5.41) is 0. The van der Waals surface area contributed by atoms with E-state index in [0.717, 1.165) is 0 Å². The van der Waals surface area contributed by atoms with Gasteiger partial charge >= 0.3 is 40.2 Å². The molecule has 0 aliphatic heterocycles. The molecule has 0 radical (unpaired) electrons. The van der Waals surface area contributed by atoms with Crippen molar-refractivity contribution in [2.45, 2.75) is 0 Å². The third-order valence-corrected chi connectivity index (χ3v) is 0. The Bertz CT molecular complexity index is 116. The molecule has 0 saturated carbocycles. The molecule has 0 bridgehead atoms. The first-order chi connectivity index (χ1) is 5.20. The Morgan fingerprint density at radius 1 is 0.500 bits per heavy atom. The Morgan fingerprint density at radius 3 is 0.500 bits per heavy atom. The summed E-state index contributed by atoms with van der Waals surface area (Å²) in [5.74, 6) is 0. The van der Waals surface area contributed by atoms with Crippen molar-refractivity contribution in [3.05, 3.63) is 0 Å². The van der Waals surface area contributed by atoms with Crippen LogP contribution in [0.3, 0.4) is 0 Å². The van der Waals surface area contributed by atoms with Crippen LogP contribution in [-0.2, 0) is 74.3 Å². The fourth-order valence-corrected chi connectivity index (χ4v) is 0. The molecular formula is Ir2O9S3. The molecule has 0 fully saturated rings. The fraction of sp³-hybridized carbons (Fsp3) is 0. The summed E-state index contributed by atoms with van der Waals surface area (Å²) in [4.78, 5) is 0. The van der Waals surface area contributed by atoms with Crippen molar-refractivity contribution in [3.8, 4) is 0 Å². The van der Waals surface area contributed by atoms with Crippen molar-refractivity contribution < 1.29 is 80.2 Å². The minimum Gasteiger partial charge on any atom is -0.784 e. The molecule has 0 aliphatic carbocycles. The average Bonchev–Trinajstić information content (AvgIpc) is 1.54. The van der Waals surface area contributed by atoms with Crippen LogP contribution < -0.4 is 0 Å². The Kier molecular flexibility index (Phi) is 50.6. The maximum atomic E-state index is 8.44. The van der Waals surface area contributed by atoms with E-state index >= 15 is 0 Å². The Morgan fingerprint density at radius 2 is 0.500 bits per heavy atom. The van der Waals surface area contributed by atoms with Crippen LogP contribution in [0, 0.1) is 0 Å². The molecule has 0 heterocycles. The molecule has 90 valence electrons. The van der Waals surface area contributed by atoms with Crippen LogP contribution in [0.2, 0.25) is 0 Å². The van der Waals surface area contributed by atoms with Gasteiger partial charge in [-0.2, -0.15) is 0 Å². The van der Waals surface area contributed by atoms with Gasteiger partial charge in [-0.1, -0.05) is 0 Å². The minimum absolute atomic E-state index is 0. The second kappa shape index (κ2) is 24.0. The van der Waals surface area contributed by atoms with Gasteiger partial charge in [0.2, 0.25) is 0 Å². The standard InChI is InChI=1S/2Ir.3H2O3S/c;;3*1-4(2)3/h;;3*(H2,1,2,3)/q2*+3;;;/p-6. The summed E-state index contributed by atoms with van der Waals surface area (Å²) in [6.07, 6.45) is 0. The van der Waals surface area contributed by atoms with E-state index in [-0.39, 0.29) is 40.2 Å². The summed E-state index contributed by atoms with van der Waals surface area (Å²) in [6.45, 7) is 0. The molecule has 0 aromatic rings. The van der Waals surface area contributed by atoms with Gasteiger partial charge in [-0.25, -0.2) is 0 Å². The molecule has 14 heavy (non-hydrogen) atoms. The van der Waals surface area contributed by atoms with Gasteiger partial charge in [0.15, 0.2) is 0 Å². The van der Waals surface area contributed by atoms with Crippen LogP contribution in [0.1, 0.15) is 0 Å². The number of hydrogen-bond donors (Lipinski definition) is 0. The Balaban J connectivity index is -0.0000000270. The van der Waals surface area contributed by atoms with Crippen LogP contribution in [0.25, 0.3) is 0 Å². The van der Waals surface area contributed by atoms with Crippen molar-refractivity contribution in [1.29, 1.82) is 0 Å². The van der Waals surface area contributed by atoms with E-state index in [1.807, 2.05) is 0 Å². The maximum Gasteiger partial charge on any atom is 3.00 e. The first-order valence-corrected chi connectivity index (χ1v) is 4.50. The molecule has 0 rings (SSSR count). The van der Waals surface area contributed by atoms with Gasteiger partial charge in [0.05, 0.1) is 0 Å². The molecule has 14 heteroatoms. The molecule has 0 N–H and O–H groups in total. The molecule has 0 amide bonds. The predicted octanol–water partition coefficient (Wildman–Crippen LogP) is -3.02. The van der Waals surface area contributed by atoms with Crippen molar-refractivity contribution in [2.24, 2.45) is 0 Å². The zero-order valence-electron chi connectivity index (χ0n) is 5.57. The van der Waals surface area contributed by atoms with Crippen LogP contribution >= 0.6 is 0 Å². The van der Waals surface area contributed by atoms with E-state index in [2.05, 4.69) is 0 Å². The number of rotatable bonds is 0. The minimum atomic E-state index is -3.11. The first-order valence-electron chi connectivity index (χ1n) is 1.50. The van der Waals surface area contributed by atoms with Gasteiger partial charge in [0.1, 0.15) is 0 Å². The van der Waals surface area contributed by atoms with E-state index in [9.17, 15) is 0 Å². The average molecular weight is 625 g/mol. The Labute approximate surface area is 113 Å². The van der Waals surface area contributed by atoms with E-state index < -0.39 is 34.1 Å². The van der Waals surface area contributed by atoms with Crippen LogP contribution in [-0.4, -0.2) is 39.9 Å². The van der Waals surface area contributed by atoms with Gasteiger partial charge in [-0.05, 0) is 0 Å². The predicted molar refractivity (Wildman–Crippen MR) is 29.1 cm³/mol. The fourth-order valence-electron chi connectivity index (χ4n) is 0. The molecule has 0 unspecified atom stereocenters. The van der Waals surface area contributed by atoms with Crippen molar-refractivity contribution in [1.82, 2.24) is 0 Å². The summed E-state index contributed by atoms with van der Waals surface area (Å²) in [7, 11) is 0. The topological polar surface area (TPSA) is 190 Å². The molecule has 9 nitrogen and oxygen atoms in total. The monoisotopic (exact) mass is 626 g/mol. The van der Waals surface area contributed by atoms with Crippen molar-refractivity contribution in [2.75, 3.05) is 0 Å². The van der Waals surface area contributed by atoms with Crippen LogP contribution in [0.15, 0.2) is 0 Å². The van der Waals surface area contributed by atoms with E-state index in [1.165, 1.54) is 0 Å². The molecule has 0 atom stereocenters. The number of hydrogen-bond acceptors (Lipinski definition) is 9. The molecule has 0 aromatic heterocycles. The summed E-state index contributed by atoms with van der Waals surface area (Å²) >= 11 is -9.33. The first kappa shape index (κ1) is 29.6. The third-order valence-electron chi connectivity index (χ3n) is 0. The zero-order valence-corrected chi connectivity index (χ0v) is 12.8. The summed E-state index contributed by atoms with van der Waals surface area (Å²) < 4.78 is 76.0. The zero-order chi connectivity index (χ0) is 10.7. The second-order valence-corrected chi connectivity index (χ2v) is 1.84. The third kappa shape index (κ3) is 929. The Hall–Kier alpha value is 1.51. The summed E-state index contributed by atoms with van der Waals surface area (Å²) in [6, 6.07) is 0. The van der Waals surface area contributed by atoms with Gasteiger partial charge in [-0.3, -0.25) is 12.6 Å². The molecule has 0 aliphatic rings. The molecular weight excluding hydrogens is 625 g/mol. The van der Waals surface area contributed by atoms with E-state index in [4.69, 9.17) is 39.9 Å². The van der Waals surface area contributed by atoms with Gasteiger partial charge in [-0.15, -0.1) is 34.1 Å². The van der Waals surface area contributed by atoms with Gasteiger partial charge in [0.25, 0.3) is 0 Å². The second-order valence-electron chi connectivity index (χ2n) is 0.612. The van der Waals surface area contributed by atoms with Crippen molar-refractivity contribution >= 4 is 34.1 Å². The molecule has 0 aromatic carbocycles. The maximum absolute atomic E-state index is 8.44. The van der Waals surface area contributed by atoms with Crippen LogP contribution in [0.4, 0.5) is 0 Å². The SMILES string of the molecule is O=S([O-])[O-].O=S([O-])[O-].O=S([O-])[O-].[Ir+3].[Ir+3]. The molecule has 0 saturated heterocycles. The smallest absolute Gasteiger partial charge is 0.784 e. The van der Waals surface area contributed by atoms with Crippen LogP contribution in [0.5, 0.6) is 0 Å². The quantitative estimate of drug-likeness (QED) is 0.253. The van der Waals surface area contributed by atoms with E-state index in [1.54, 1.807) is 0 Å². The van der Waals surface area contributed by atoms with E-state index in [0.29, 0.717) is 0 Å². The van der Waals surface area contributed by atoms with Crippen molar-refractivity contribution in [3.63, 3.8) is 0 Å². The molecule has 0 spiro atoms. The van der Waals surface area contributed by atoms with Gasteiger partial charge < -0.3 is 27.3 Å². The largest absolute Gasteiger partial charge is 3.00 e. The normalized spacial score (nSPS) is 7.50.